The molecule has 118 valence electrons. The maximum Gasteiger partial charge on any atom is 0.277 e. The second kappa shape index (κ2) is 6.13. The molecule has 0 atom stereocenters. The van der Waals surface area contributed by atoms with Crippen molar-refractivity contribution in [3.8, 4) is 0 Å². The smallest absolute Gasteiger partial charge is 0.277 e. The predicted molar refractivity (Wildman–Crippen MR) is 74.1 cm³/mol. The van der Waals surface area contributed by atoms with Crippen LogP contribution in [0.3, 0.4) is 0 Å². The van der Waals surface area contributed by atoms with Crippen LogP contribution in [0.4, 0.5) is 25.8 Å². The van der Waals surface area contributed by atoms with E-state index in [1.165, 1.54) is 0 Å². The number of rotatable bonds is 4. The highest BCUT2D eigenvalue weighted by Crippen LogP contribution is 2.24. The summed E-state index contributed by atoms with van der Waals surface area (Å²) in [7, 11) is 0. The lowest BCUT2D eigenvalue weighted by Gasteiger charge is -2.06. The van der Waals surface area contributed by atoms with Crippen molar-refractivity contribution in [3.63, 3.8) is 0 Å². The number of benzene rings is 2. The van der Waals surface area contributed by atoms with E-state index in [4.69, 9.17) is 0 Å². The van der Waals surface area contributed by atoms with E-state index in [2.05, 4.69) is 5.32 Å². The molecule has 0 saturated carbocycles. The number of nitro benzene ring substituents is 2. The number of anilines is 1. The van der Waals surface area contributed by atoms with E-state index in [9.17, 15) is 33.8 Å². The molecular weight excluding hydrogens is 316 g/mol. The Balaban J connectivity index is 2.38. The molecule has 0 heterocycles. The third-order valence-electron chi connectivity index (χ3n) is 2.77. The molecule has 0 spiro atoms. The van der Waals surface area contributed by atoms with Gasteiger partial charge >= 0.3 is 0 Å². The molecule has 2 rings (SSSR count). The molecule has 23 heavy (non-hydrogen) atoms. The number of hydrogen-bond donors (Lipinski definition) is 1. The Morgan fingerprint density at radius 3 is 2.00 bits per heavy atom. The quantitative estimate of drug-likeness (QED) is 0.686. The van der Waals surface area contributed by atoms with E-state index in [0.717, 1.165) is 24.3 Å². The van der Waals surface area contributed by atoms with E-state index in [1.54, 1.807) is 0 Å². The van der Waals surface area contributed by atoms with Crippen molar-refractivity contribution in [1.29, 1.82) is 0 Å². The second-order valence-corrected chi connectivity index (χ2v) is 4.33. The average molecular weight is 323 g/mol. The lowest BCUT2D eigenvalue weighted by Crippen LogP contribution is -2.13. The van der Waals surface area contributed by atoms with Crippen LogP contribution >= 0.6 is 0 Å². The molecule has 0 aliphatic heterocycles. The number of hydrogen-bond acceptors (Lipinski definition) is 5. The molecule has 0 aromatic heterocycles. The molecule has 10 heteroatoms. The fourth-order valence-electron chi connectivity index (χ4n) is 1.72. The third-order valence-corrected chi connectivity index (χ3v) is 2.77. The zero-order valence-corrected chi connectivity index (χ0v) is 11.2. The Morgan fingerprint density at radius 2 is 1.52 bits per heavy atom. The van der Waals surface area contributed by atoms with Crippen LogP contribution in [0.15, 0.2) is 36.4 Å². The van der Waals surface area contributed by atoms with E-state index < -0.39 is 44.3 Å². The van der Waals surface area contributed by atoms with Gasteiger partial charge in [0.15, 0.2) is 0 Å². The van der Waals surface area contributed by atoms with E-state index in [1.807, 2.05) is 0 Å². The first-order valence-corrected chi connectivity index (χ1v) is 5.98. The molecule has 8 nitrogen and oxygen atoms in total. The van der Waals surface area contributed by atoms with Gasteiger partial charge in [0.05, 0.1) is 27.2 Å². The van der Waals surface area contributed by atoms with Crippen LogP contribution in [0.25, 0.3) is 0 Å². The first-order valence-electron chi connectivity index (χ1n) is 5.98. The van der Waals surface area contributed by atoms with Crippen molar-refractivity contribution >= 4 is 23.0 Å². The minimum Gasteiger partial charge on any atom is -0.319 e. The Labute approximate surface area is 126 Å². The summed E-state index contributed by atoms with van der Waals surface area (Å²) in [5.41, 5.74) is -2.10. The lowest BCUT2D eigenvalue weighted by atomic mass is 10.1. The molecule has 0 bridgehead atoms. The largest absolute Gasteiger partial charge is 0.319 e. The molecule has 1 N–H and O–H groups in total. The number of non-ortho nitro benzene ring substituents is 2. The van der Waals surface area contributed by atoms with Crippen molar-refractivity contribution in [2.45, 2.75) is 0 Å². The Bertz CT molecular complexity index is 793. The summed E-state index contributed by atoms with van der Waals surface area (Å²) in [6, 6.07) is 4.69. The number of amides is 1. The van der Waals surface area contributed by atoms with Crippen molar-refractivity contribution < 1.29 is 23.4 Å². The highest BCUT2D eigenvalue weighted by atomic mass is 19.1. The normalized spacial score (nSPS) is 10.2. The van der Waals surface area contributed by atoms with Crippen LogP contribution in [0.5, 0.6) is 0 Å². The topological polar surface area (TPSA) is 115 Å². The fourth-order valence-corrected chi connectivity index (χ4v) is 1.72. The minimum absolute atomic E-state index is 0.370. The lowest BCUT2D eigenvalue weighted by molar-refractivity contribution is -0.394. The Kier molecular flexibility index (Phi) is 4.25. The fraction of sp³-hybridized carbons (Fsp3) is 0. The van der Waals surface area contributed by atoms with Gasteiger partial charge in [-0.2, -0.15) is 0 Å². The summed E-state index contributed by atoms with van der Waals surface area (Å²) < 4.78 is 26.3. The molecule has 0 fully saturated rings. The van der Waals surface area contributed by atoms with Gasteiger partial charge in [0.25, 0.3) is 17.3 Å². The molecule has 0 unspecified atom stereocenters. The zero-order valence-electron chi connectivity index (χ0n) is 11.2. The van der Waals surface area contributed by atoms with Gasteiger partial charge in [0.2, 0.25) is 0 Å². The molecule has 0 aliphatic carbocycles. The highest BCUT2D eigenvalue weighted by molar-refractivity contribution is 6.05. The van der Waals surface area contributed by atoms with Crippen LogP contribution in [-0.2, 0) is 0 Å². The monoisotopic (exact) mass is 323 g/mol. The van der Waals surface area contributed by atoms with Gasteiger partial charge < -0.3 is 5.32 Å². The first-order chi connectivity index (χ1) is 10.8. The molecular formula is C13H7F2N3O5. The van der Waals surface area contributed by atoms with Crippen LogP contribution in [0.2, 0.25) is 0 Å². The van der Waals surface area contributed by atoms with Crippen molar-refractivity contribution in [1.82, 2.24) is 0 Å². The minimum atomic E-state index is -1.06. The van der Waals surface area contributed by atoms with Crippen LogP contribution in [0.1, 0.15) is 10.4 Å². The number of nitrogens with zero attached hydrogens (tertiary/aromatic N) is 2. The van der Waals surface area contributed by atoms with Crippen molar-refractivity contribution in [2.24, 2.45) is 0 Å². The summed E-state index contributed by atoms with van der Waals surface area (Å²) >= 11 is 0. The molecule has 2 aromatic carbocycles. The van der Waals surface area contributed by atoms with E-state index >= 15 is 0 Å². The summed E-state index contributed by atoms with van der Waals surface area (Å²) in [4.78, 5) is 31.7. The van der Waals surface area contributed by atoms with Crippen molar-refractivity contribution in [2.75, 3.05) is 5.32 Å². The molecule has 1 amide bonds. The first kappa shape index (κ1) is 15.9. The van der Waals surface area contributed by atoms with Gasteiger partial charge in [-0.1, -0.05) is 0 Å². The Morgan fingerprint density at radius 1 is 0.957 bits per heavy atom. The van der Waals surface area contributed by atoms with Crippen LogP contribution in [-0.4, -0.2) is 15.8 Å². The number of nitrogens with one attached hydrogen (secondary N) is 1. The van der Waals surface area contributed by atoms with Crippen LogP contribution < -0.4 is 5.32 Å². The number of halogens is 2. The van der Waals surface area contributed by atoms with Crippen molar-refractivity contribution in [3.05, 3.63) is 73.8 Å². The molecule has 0 aliphatic rings. The number of nitro groups is 2. The van der Waals surface area contributed by atoms with Gasteiger partial charge in [-0.3, -0.25) is 25.0 Å². The summed E-state index contributed by atoms with van der Waals surface area (Å²) in [6.07, 6.45) is 0. The molecule has 0 radical (unpaired) electrons. The Hall–Kier alpha value is -3.43. The third kappa shape index (κ3) is 3.61. The van der Waals surface area contributed by atoms with Gasteiger partial charge in [0, 0.05) is 18.2 Å². The maximum atomic E-state index is 13.5. The van der Waals surface area contributed by atoms with E-state index in [-0.39, 0.29) is 5.69 Å². The van der Waals surface area contributed by atoms with Gasteiger partial charge in [-0.05, 0) is 12.1 Å². The summed E-state index contributed by atoms with van der Waals surface area (Å²) in [5.74, 6) is -2.92. The maximum absolute atomic E-state index is 13.5. The number of carbonyl (C=O) groups excluding carboxylic acids is 1. The average Bonchev–Trinajstić information content (AvgIpc) is 2.49. The van der Waals surface area contributed by atoms with Crippen LogP contribution in [0, 0.1) is 31.9 Å². The van der Waals surface area contributed by atoms with Gasteiger partial charge in [0.1, 0.15) is 11.6 Å². The number of carbonyl (C=O) groups is 1. The summed E-state index contributed by atoms with van der Waals surface area (Å²) in [5, 5.41) is 23.6. The summed E-state index contributed by atoms with van der Waals surface area (Å²) in [6.45, 7) is 0. The van der Waals surface area contributed by atoms with E-state index in [0.29, 0.717) is 12.1 Å². The molecule has 2 aromatic rings. The van der Waals surface area contributed by atoms with Gasteiger partial charge in [-0.15, -0.1) is 0 Å². The highest BCUT2D eigenvalue weighted by Gasteiger charge is 2.20. The predicted octanol–water partition coefficient (Wildman–Crippen LogP) is 3.03. The standard InChI is InChI=1S/C13H7F2N3O5/c14-8-1-2-12(11(15)5-8)16-13(19)7-3-9(17(20)21)6-10(4-7)18(22)23/h1-6H,(H,16,19). The zero-order chi connectivity index (χ0) is 17.1. The molecule has 0 saturated heterocycles. The van der Waals surface area contributed by atoms with Gasteiger partial charge in [-0.25, -0.2) is 8.78 Å². The SMILES string of the molecule is O=C(Nc1ccc(F)cc1F)c1cc([N+](=O)[O-])cc([N+](=O)[O-])c1. The second-order valence-electron chi connectivity index (χ2n) is 4.33.